The third kappa shape index (κ3) is 5.32. The number of fused-ring (bicyclic) bond motifs is 6. The van der Waals surface area contributed by atoms with Crippen molar-refractivity contribution in [1.29, 1.82) is 0 Å². The van der Waals surface area contributed by atoms with E-state index in [1.165, 1.54) is 22.5 Å². The van der Waals surface area contributed by atoms with Crippen LogP contribution in [0.5, 0.6) is 0 Å². The topological polar surface area (TPSA) is 64.5 Å². The lowest BCUT2D eigenvalue weighted by Crippen LogP contribution is -2.63. The van der Waals surface area contributed by atoms with Crippen LogP contribution in [0.15, 0.2) is 128 Å². The normalized spacial score (nSPS) is 22.3. The van der Waals surface area contributed by atoms with Crippen LogP contribution in [0.3, 0.4) is 0 Å². The van der Waals surface area contributed by atoms with E-state index in [0.29, 0.717) is 0 Å². The summed E-state index contributed by atoms with van der Waals surface area (Å²) in [4.78, 5) is 30.5. The largest absolute Gasteiger partial charge is 0.302 e. The van der Waals surface area contributed by atoms with Crippen molar-refractivity contribution in [3.63, 3.8) is 0 Å². The fourth-order valence-electron chi connectivity index (χ4n) is 10.3. The lowest BCUT2D eigenvalue weighted by Gasteiger charge is -2.60. The van der Waals surface area contributed by atoms with Gasteiger partial charge in [-0.15, -0.1) is 0 Å². The molecule has 0 amide bonds. The van der Waals surface area contributed by atoms with Crippen LogP contribution >= 0.6 is 0 Å². The molecular weight excluding hydrogens is 689 g/mol. The minimum Gasteiger partial charge on any atom is -0.302 e. The molecule has 4 unspecified atom stereocenters. The van der Waals surface area contributed by atoms with Crippen LogP contribution in [0.2, 0.25) is 0 Å². The second-order valence-corrected chi connectivity index (χ2v) is 16.2. The van der Waals surface area contributed by atoms with Crippen LogP contribution in [0.25, 0.3) is 0 Å². The van der Waals surface area contributed by atoms with E-state index in [0.717, 1.165) is 72.4 Å². The Morgan fingerprint density at radius 3 is 1.86 bits per heavy atom. The Balaban J connectivity index is 1.16. The van der Waals surface area contributed by atoms with Gasteiger partial charge in [-0.1, -0.05) is 107 Å². The van der Waals surface area contributed by atoms with E-state index >= 15 is 0 Å². The Bertz CT molecular complexity index is 2350. The summed E-state index contributed by atoms with van der Waals surface area (Å²) in [5.41, 5.74) is 7.99. The van der Waals surface area contributed by atoms with Crippen LogP contribution in [-0.4, -0.2) is 32.3 Å². The molecule has 4 atom stereocenters. The van der Waals surface area contributed by atoms with E-state index in [1.807, 2.05) is 18.6 Å². The van der Waals surface area contributed by atoms with Gasteiger partial charge in [0.2, 0.25) is 0 Å². The zero-order valence-electron chi connectivity index (χ0n) is 33.5. The highest BCUT2D eigenvalue weighted by Gasteiger charge is 2.62. The molecule has 9 rings (SSSR count). The average Bonchev–Trinajstić information content (AvgIpc) is 3.76. The molecule has 0 saturated carbocycles. The molecule has 0 N–H and O–H groups in total. The van der Waals surface area contributed by atoms with Gasteiger partial charge in [0.1, 0.15) is 12.3 Å². The highest BCUT2D eigenvalue weighted by atomic mass is 15.5. The molecule has 3 aliphatic rings. The van der Waals surface area contributed by atoms with Crippen molar-refractivity contribution in [2.75, 3.05) is 19.6 Å². The maximum absolute atomic E-state index is 5.35. The van der Waals surface area contributed by atoms with Crippen molar-refractivity contribution in [1.82, 2.24) is 19.9 Å². The van der Waals surface area contributed by atoms with Crippen molar-refractivity contribution in [2.45, 2.75) is 97.3 Å². The third-order valence-electron chi connectivity index (χ3n) is 13.2. The lowest BCUT2D eigenvalue weighted by atomic mass is 9.52. The van der Waals surface area contributed by atoms with E-state index < -0.39 is 0 Å². The molecule has 0 aliphatic carbocycles. The number of para-hydroxylation sites is 4. The number of hydrogen-bond donors (Lipinski definition) is 0. The number of anilines is 8. The average molecular weight is 741 g/mol. The zero-order valence-corrected chi connectivity index (χ0v) is 33.5. The standard InChI is InChI=1S/C48H52N8/c1-7-47(6)46-54(36-23-13-10-14-24-36)42-43(50-31-30-49-42)56(46)40-27-18-16-25-37(40)48(47,8-2)29-19-28-41-53(35-21-11-9-12-22-35)45-44(51-32-38(52-45)33(3)4)55(41)39-26-17-15-20-34(39)5/h9-18,20-27,30-33,41,46H,7-8,19,28-29H2,1-6H3. The van der Waals surface area contributed by atoms with Crippen molar-refractivity contribution in [2.24, 2.45) is 5.41 Å². The monoisotopic (exact) mass is 740 g/mol. The minimum atomic E-state index is -0.183. The van der Waals surface area contributed by atoms with Crippen molar-refractivity contribution < 1.29 is 0 Å². The van der Waals surface area contributed by atoms with E-state index in [4.69, 9.17) is 19.9 Å². The fourth-order valence-corrected chi connectivity index (χ4v) is 10.3. The summed E-state index contributed by atoms with van der Waals surface area (Å²) in [6, 6.07) is 39.4. The SMILES string of the molecule is CCC1(CCCC2N(c3ccccc3)c3nc(C(C)C)cnc3N2c2ccccc2C)c2ccccc2N2c3nccnc3N(c3ccccc3)C2C1(C)CC. The van der Waals surface area contributed by atoms with Crippen LogP contribution in [0, 0.1) is 12.3 Å². The number of aryl methyl sites for hydroxylation is 1. The molecule has 5 heterocycles. The molecule has 0 spiro atoms. The predicted molar refractivity (Wildman–Crippen MR) is 229 cm³/mol. The summed E-state index contributed by atoms with van der Waals surface area (Å²) in [7, 11) is 0. The number of benzene rings is 4. The Kier molecular flexibility index (Phi) is 9.02. The molecule has 284 valence electrons. The summed E-state index contributed by atoms with van der Waals surface area (Å²) in [6.45, 7) is 13.9. The Labute approximate surface area is 331 Å². The molecule has 0 radical (unpaired) electrons. The van der Waals surface area contributed by atoms with E-state index in [-0.39, 0.29) is 29.1 Å². The molecular formula is C48H52N8. The predicted octanol–water partition coefficient (Wildman–Crippen LogP) is 11.9. The molecule has 8 nitrogen and oxygen atoms in total. The Hall–Kier alpha value is -5.76. The smallest absolute Gasteiger partial charge is 0.178 e. The van der Waals surface area contributed by atoms with Crippen molar-refractivity contribution in [3.8, 4) is 0 Å². The molecule has 2 aromatic heterocycles. The summed E-state index contributed by atoms with van der Waals surface area (Å²) < 4.78 is 0. The quantitative estimate of drug-likeness (QED) is 0.138. The molecule has 3 aliphatic heterocycles. The van der Waals surface area contributed by atoms with Gasteiger partial charge in [-0.3, -0.25) is 0 Å². The number of aromatic nitrogens is 4. The summed E-state index contributed by atoms with van der Waals surface area (Å²) in [5.74, 6) is 3.96. The first kappa shape index (κ1) is 35.9. The molecule has 8 heteroatoms. The van der Waals surface area contributed by atoms with Crippen LogP contribution in [0.4, 0.5) is 46.0 Å². The molecule has 4 aromatic carbocycles. The summed E-state index contributed by atoms with van der Waals surface area (Å²) in [6.07, 6.45) is 10.6. The van der Waals surface area contributed by atoms with Gasteiger partial charge in [-0.2, -0.15) is 0 Å². The Morgan fingerprint density at radius 1 is 0.625 bits per heavy atom. The van der Waals surface area contributed by atoms with Crippen LogP contribution in [0.1, 0.15) is 89.5 Å². The van der Waals surface area contributed by atoms with E-state index in [2.05, 4.69) is 170 Å². The molecule has 6 aromatic rings. The van der Waals surface area contributed by atoms with E-state index in [9.17, 15) is 0 Å². The van der Waals surface area contributed by atoms with Crippen molar-refractivity contribution in [3.05, 3.63) is 145 Å². The molecule has 56 heavy (non-hydrogen) atoms. The second-order valence-electron chi connectivity index (χ2n) is 16.2. The lowest BCUT2D eigenvalue weighted by molar-refractivity contribution is 0.0702. The van der Waals surface area contributed by atoms with Gasteiger partial charge in [0.05, 0.1) is 11.9 Å². The maximum atomic E-state index is 5.35. The highest BCUT2D eigenvalue weighted by Crippen LogP contribution is 2.65. The summed E-state index contributed by atoms with van der Waals surface area (Å²) in [5, 5.41) is 0. The van der Waals surface area contributed by atoms with Gasteiger partial charge in [0.25, 0.3) is 0 Å². The minimum absolute atomic E-state index is 0.00924. The highest BCUT2D eigenvalue weighted by molar-refractivity contribution is 5.87. The fraction of sp³-hybridized carbons (Fsp3) is 0.333. The maximum Gasteiger partial charge on any atom is 0.178 e. The molecule has 0 bridgehead atoms. The molecule has 0 saturated heterocycles. The first-order valence-corrected chi connectivity index (χ1v) is 20.4. The van der Waals surface area contributed by atoms with Gasteiger partial charge < -0.3 is 19.6 Å². The van der Waals surface area contributed by atoms with Gasteiger partial charge in [0, 0.05) is 46.0 Å². The third-order valence-corrected chi connectivity index (χ3v) is 13.2. The van der Waals surface area contributed by atoms with Crippen LogP contribution in [-0.2, 0) is 5.41 Å². The van der Waals surface area contributed by atoms with Gasteiger partial charge >= 0.3 is 0 Å². The first-order chi connectivity index (χ1) is 27.3. The van der Waals surface area contributed by atoms with Gasteiger partial charge in [-0.05, 0) is 92.5 Å². The molecule has 0 fully saturated rings. The van der Waals surface area contributed by atoms with Gasteiger partial charge in [-0.25, -0.2) is 19.9 Å². The summed E-state index contributed by atoms with van der Waals surface area (Å²) >= 11 is 0. The number of nitrogens with zero attached hydrogens (tertiary/aromatic N) is 8. The zero-order chi connectivity index (χ0) is 38.6. The number of rotatable bonds is 10. The number of hydrogen-bond acceptors (Lipinski definition) is 8. The first-order valence-electron chi connectivity index (χ1n) is 20.4. The van der Waals surface area contributed by atoms with E-state index in [1.54, 1.807) is 0 Å². The Morgan fingerprint density at radius 2 is 1.21 bits per heavy atom. The van der Waals surface area contributed by atoms with Gasteiger partial charge in [0.15, 0.2) is 23.3 Å². The van der Waals surface area contributed by atoms with Crippen LogP contribution < -0.4 is 19.6 Å². The van der Waals surface area contributed by atoms with Crippen molar-refractivity contribution >= 4 is 46.0 Å². The second kappa shape index (κ2) is 14.1.